The van der Waals surface area contributed by atoms with Crippen LogP contribution in [0.4, 0.5) is 5.88 Å². The highest BCUT2D eigenvalue weighted by molar-refractivity contribution is 7.15. The van der Waals surface area contributed by atoms with Gasteiger partial charge in [0, 0.05) is 15.5 Å². The van der Waals surface area contributed by atoms with Crippen LogP contribution in [-0.2, 0) is 0 Å². The minimum Gasteiger partial charge on any atom is -0.367 e. The largest absolute Gasteiger partial charge is 0.367 e. The Labute approximate surface area is 136 Å². The van der Waals surface area contributed by atoms with E-state index < -0.39 is 0 Å². The second-order valence-electron chi connectivity index (χ2n) is 4.74. The normalized spacial score (nSPS) is 11.0. The van der Waals surface area contributed by atoms with Crippen molar-refractivity contribution in [3.05, 3.63) is 44.8 Å². The van der Waals surface area contributed by atoms with Crippen LogP contribution in [0.5, 0.6) is 0 Å². The van der Waals surface area contributed by atoms with Gasteiger partial charge in [0.15, 0.2) is 0 Å². The number of nitrogens with zero attached hydrogens (tertiary/aromatic N) is 1. The fourth-order valence-corrected chi connectivity index (χ4v) is 3.64. The summed E-state index contributed by atoms with van der Waals surface area (Å²) in [4.78, 5) is 2.24. The van der Waals surface area contributed by atoms with E-state index in [-0.39, 0.29) is 5.88 Å². The molecule has 2 N–H and O–H groups in total. The van der Waals surface area contributed by atoms with Gasteiger partial charge in [0.25, 0.3) is 0 Å². The van der Waals surface area contributed by atoms with Gasteiger partial charge in [-0.05, 0) is 37.6 Å². The maximum atomic E-state index is 6.28. The van der Waals surface area contributed by atoms with Crippen molar-refractivity contribution >= 4 is 40.4 Å². The van der Waals surface area contributed by atoms with Crippen LogP contribution in [0.2, 0.25) is 10.0 Å². The summed E-state index contributed by atoms with van der Waals surface area (Å²) in [6.07, 6.45) is 0. The summed E-state index contributed by atoms with van der Waals surface area (Å²) >= 11 is 13.9. The Hall–Kier alpha value is -1.49. The van der Waals surface area contributed by atoms with Crippen LogP contribution in [0.15, 0.2) is 28.8 Å². The molecule has 0 bridgehead atoms. The Bertz CT molecular complexity index is 804. The van der Waals surface area contributed by atoms with Gasteiger partial charge < -0.3 is 10.3 Å². The van der Waals surface area contributed by atoms with Gasteiger partial charge in [-0.3, -0.25) is 0 Å². The standard InChI is InChI=1S/C15H12Cl2N2OS/c1-7-5-12(21-8(7)2)14-13(15(18)20-19-14)10-4-3-9(16)6-11(10)17/h3-6H,18H2,1-2H3. The molecule has 0 unspecified atom stereocenters. The van der Waals surface area contributed by atoms with E-state index in [1.54, 1.807) is 23.5 Å². The molecule has 3 aromatic rings. The first-order valence-electron chi connectivity index (χ1n) is 6.25. The van der Waals surface area contributed by atoms with E-state index in [4.69, 9.17) is 33.5 Å². The van der Waals surface area contributed by atoms with Crippen LogP contribution >= 0.6 is 34.5 Å². The molecule has 0 amide bonds. The van der Waals surface area contributed by atoms with Gasteiger partial charge >= 0.3 is 0 Å². The molecule has 3 nitrogen and oxygen atoms in total. The minimum atomic E-state index is 0.248. The highest BCUT2D eigenvalue weighted by Crippen LogP contribution is 2.42. The van der Waals surface area contributed by atoms with Crippen molar-refractivity contribution in [2.75, 3.05) is 5.73 Å². The predicted octanol–water partition coefficient (Wildman–Crippen LogP) is 5.58. The Kier molecular flexibility index (Phi) is 3.69. The Balaban J connectivity index is 2.21. The number of aromatic nitrogens is 1. The van der Waals surface area contributed by atoms with E-state index in [2.05, 4.69) is 25.1 Å². The Morgan fingerprint density at radius 2 is 1.95 bits per heavy atom. The van der Waals surface area contributed by atoms with E-state index in [1.807, 2.05) is 6.07 Å². The van der Waals surface area contributed by atoms with Gasteiger partial charge in [0.05, 0.1) is 15.5 Å². The molecule has 0 fully saturated rings. The third kappa shape index (κ3) is 2.55. The zero-order valence-corrected chi connectivity index (χ0v) is 13.7. The number of nitrogens with two attached hydrogens (primary N) is 1. The number of thiophene rings is 1. The molecular weight excluding hydrogens is 327 g/mol. The zero-order valence-electron chi connectivity index (χ0n) is 11.4. The number of hydrogen-bond acceptors (Lipinski definition) is 4. The molecule has 0 aliphatic heterocycles. The summed E-state index contributed by atoms with van der Waals surface area (Å²) < 4.78 is 5.18. The van der Waals surface area contributed by atoms with Gasteiger partial charge in [-0.25, -0.2) is 0 Å². The average molecular weight is 339 g/mol. The number of aryl methyl sites for hydroxylation is 2. The molecule has 2 aromatic heterocycles. The number of hydrogen-bond donors (Lipinski definition) is 1. The molecule has 2 heterocycles. The molecule has 0 saturated heterocycles. The first kappa shape index (κ1) is 14.4. The lowest BCUT2D eigenvalue weighted by atomic mass is 10.0. The van der Waals surface area contributed by atoms with Crippen LogP contribution < -0.4 is 5.73 Å². The number of rotatable bonds is 2. The summed E-state index contributed by atoms with van der Waals surface area (Å²) in [6, 6.07) is 7.35. The second-order valence-corrected chi connectivity index (χ2v) is 6.84. The first-order valence-corrected chi connectivity index (χ1v) is 7.82. The van der Waals surface area contributed by atoms with E-state index in [0.717, 1.165) is 10.4 Å². The summed E-state index contributed by atoms with van der Waals surface area (Å²) in [6.45, 7) is 4.13. The molecule has 0 aliphatic carbocycles. The summed E-state index contributed by atoms with van der Waals surface area (Å²) in [5, 5.41) is 5.19. The van der Waals surface area contributed by atoms with Gasteiger partial charge in [0.2, 0.25) is 5.88 Å². The summed E-state index contributed by atoms with van der Waals surface area (Å²) in [7, 11) is 0. The van der Waals surface area contributed by atoms with Crippen molar-refractivity contribution in [2.24, 2.45) is 0 Å². The van der Waals surface area contributed by atoms with Gasteiger partial charge in [0.1, 0.15) is 5.69 Å². The quantitative estimate of drug-likeness (QED) is 0.663. The monoisotopic (exact) mass is 338 g/mol. The minimum absolute atomic E-state index is 0.248. The molecular formula is C15H12Cl2N2OS. The van der Waals surface area contributed by atoms with E-state index in [1.165, 1.54) is 10.4 Å². The average Bonchev–Trinajstić information content (AvgIpc) is 2.94. The molecule has 0 saturated carbocycles. The fourth-order valence-electron chi connectivity index (χ4n) is 2.11. The Morgan fingerprint density at radius 3 is 2.57 bits per heavy atom. The number of nitrogen functional groups attached to an aromatic ring is 1. The van der Waals surface area contributed by atoms with E-state index in [0.29, 0.717) is 21.3 Å². The number of benzene rings is 1. The van der Waals surface area contributed by atoms with Gasteiger partial charge in [-0.2, -0.15) is 0 Å². The maximum absolute atomic E-state index is 6.28. The predicted molar refractivity (Wildman–Crippen MR) is 89.2 cm³/mol. The molecule has 6 heteroatoms. The highest BCUT2D eigenvalue weighted by atomic mass is 35.5. The van der Waals surface area contributed by atoms with Crippen LogP contribution in [0.25, 0.3) is 21.7 Å². The van der Waals surface area contributed by atoms with Crippen molar-refractivity contribution in [2.45, 2.75) is 13.8 Å². The van der Waals surface area contributed by atoms with Crippen LogP contribution in [0, 0.1) is 13.8 Å². The van der Waals surface area contributed by atoms with Crippen molar-refractivity contribution in [3.8, 4) is 21.7 Å². The zero-order chi connectivity index (χ0) is 15.1. The van der Waals surface area contributed by atoms with E-state index >= 15 is 0 Å². The van der Waals surface area contributed by atoms with Crippen molar-refractivity contribution in [1.82, 2.24) is 5.16 Å². The highest BCUT2D eigenvalue weighted by Gasteiger charge is 2.21. The van der Waals surface area contributed by atoms with Crippen LogP contribution in [0.1, 0.15) is 10.4 Å². The topological polar surface area (TPSA) is 52.0 Å². The molecule has 3 rings (SSSR count). The van der Waals surface area contributed by atoms with E-state index in [9.17, 15) is 0 Å². The Morgan fingerprint density at radius 1 is 1.19 bits per heavy atom. The SMILES string of the molecule is Cc1cc(-c2noc(N)c2-c2ccc(Cl)cc2Cl)sc1C. The third-order valence-electron chi connectivity index (χ3n) is 3.32. The maximum Gasteiger partial charge on any atom is 0.230 e. The molecule has 0 spiro atoms. The van der Waals surface area contributed by atoms with Crippen molar-refractivity contribution in [1.29, 1.82) is 0 Å². The fraction of sp³-hybridized carbons (Fsp3) is 0.133. The molecule has 1 aromatic carbocycles. The lowest BCUT2D eigenvalue weighted by Crippen LogP contribution is -1.88. The smallest absolute Gasteiger partial charge is 0.230 e. The van der Waals surface area contributed by atoms with Crippen LogP contribution in [0.3, 0.4) is 0 Å². The third-order valence-corrected chi connectivity index (χ3v) is 5.03. The molecule has 0 radical (unpaired) electrons. The first-order chi connectivity index (χ1) is 9.97. The molecule has 0 atom stereocenters. The molecule has 108 valence electrons. The molecule has 0 aliphatic rings. The van der Waals surface area contributed by atoms with Crippen molar-refractivity contribution < 1.29 is 4.52 Å². The molecule has 21 heavy (non-hydrogen) atoms. The summed E-state index contributed by atoms with van der Waals surface area (Å²) in [5.41, 5.74) is 9.33. The summed E-state index contributed by atoms with van der Waals surface area (Å²) in [5.74, 6) is 0.248. The number of anilines is 1. The number of halogens is 2. The lowest BCUT2D eigenvalue weighted by Gasteiger charge is -2.04. The van der Waals surface area contributed by atoms with Gasteiger partial charge in [-0.15, -0.1) is 11.3 Å². The van der Waals surface area contributed by atoms with Crippen molar-refractivity contribution in [3.63, 3.8) is 0 Å². The second kappa shape index (κ2) is 5.37. The van der Waals surface area contributed by atoms with Gasteiger partial charge in [-0.1, -0.05) is 34.4 Å². The lowest BCUT2D eigenvalue weighted by molar-refractivity contribution is 0.439. The van der Waals surface area contributed by atoms with Crippen LogP contribution in [-0.4, -0.2) is 5.16 Å².